The Labute approximate surface area is 114 Å². The summed E-state index contributed by atoms with van der Waals surface area (Å²) in [5.74, 6) is 0.817. The molecule has 0 bridgehead atoms. The van der Waals surface area contributed by atoms with E-state index in [1.807, 2.05) is 24.3 Å². The van der Waals surface area contributed by atoms with Crippen LogP contribution in [0.5, 0.6) is 5.75 Å². The summed E-state index contributed by atoms with van der Waals surface area (Å²) in [5.41, 5.74) is 0.691. The molecule has 19 heavy (non-hydrogen) atoms. The second kappa shape index (κ2) is 6.26. The number of methoxy groups -OCH3 is 1. The minimum atomic E-state index is -0.286. The van der Waals surface area contributed by atoms with Crippen molar-refractivity contribution in [2.75, 3.05) is 25.6 Å². The molecule has 0 aromatic heterocycles. The molecule has 1 aliphatic heterocycles. The van der Waals surface area contributed by atoms with E-state index in [4.69, 9.17) is 9.47 Å². The van der Waals surface area contributed by atoms with E-state index in [-0.39, 0.29) is 18.2 Å². The van der Waals surface area contributed by atoms with Crippen molar-refractivity contribution in [2.24, 2.45) is 0 Å². The lowest BCUT2D eigenvalue weighted by Gasteiger charge is -2.41. The van der Waals surface area contributed by atoms with Crippen LogP contribution in [0.2, 0.25) is 0 Å². The fraction of sp³-hybridized carbons (Fsp3) is 0.600. The third-order valence-corrected chi connectivity index (χ3v) is 3.79. The van der Waals surface area contributed by atoms with Gasteiger partial charge in [-0.15, -0.1) is 0 Å². The van der Waals surface area contributed by atoms with E-state index in [9.17, 15) is 5.11 Å². The monoisotopic (exact) mass is 265 g/mol. The average molecular weight is 265 g/mol. The van der Waals surface area contributed by atoms with Crippen LogP contribution in [-0.4, -0.2) is 37.1 Å². The Bertz CT molecular complexity index is 410. The van der Waals surface area contributed by atoms with E-state index >= 15 is 0 Å². The molecular weight excluding hydrogens is 242 g/mol. The summed E-state index contributed by atoms with van der Waals surface area (Å²) in [6.07, 6.45) is 2.84. The van der Waals surface area contributed by atoms with Crippen LogP contribution >= 0.6 is 0 Å². The Balaban J connectivity index is 2.12. The quantitative estimate of drug-likeness (QED) is 0.858. The molecule has 2 atom stereocenters. The van der Waals surface area contributed by atoms with Crippen LogP contribution in [0, 0.1) is 0 Å². The first-order chi connectivity index (χ1) is 9.21. The molecule has 0 radical (unpaired) electrons. The van der Waals surface area contributed by atoms with Crippen molar-refractivity contribution >= 4 is 5.69 Å². The van der Waals surface area contributed by atoms with Gasteiger partial charge in [-0.05, 0) is 31.4 Å². The summed E-state index contributed by atoms with van der Waals surface area (Å²) in [4.78, 5) is 0. The third kappa shape index (κ3) is 3.39. The summed E-state index contributed by atoms with van der Waals surface area (Å²) in [5, 5.41) is 13.3. The molecule has 2 N–H and O–H groups in total. The van der Waals surface area contributed by atoms with Crippen LogP contribution in [0.3, 0.4) is 0 Å². The molecule has 1 aliphatic rings. The maximum absolute atomic E-state index is 9.79. The maximum Gasteiger partial charge on any atom is 0.120 e. The SMILES string of the molecule is CCC1CC(CO)(Nc2cccc(OC)c2)CCO1. The number of anilines is 1. The number of aliphatic hydroxyl groups is 1. The number of aliphatic hydroxyl groups excluding tert-OH is 1. The Morgan fingerprint density at radius 3 is 3.05 bits per heavy atom. The normalized spacial score (nSPS) is 27.0. The molecule has 0 aliphatic carbocycles. The molecule has 106 valence electrons. The summed E-state index contributed by atoms with van der Waals surface area (Å²) in [6.45, 7) is 2.92. The molecular formula is C15H23NO3. The third-order valence-electron chi connectivity index (χ3n) is 3.79. The number of rotatable bonds is 5. The highest BCUT2D eigenvalue weighted by Gasteiger charge is 2.35. The molecule has 1 heterocycles. The lowest BCUT2D eigenvalue weighted by molar-refractivity contribution is -0.0273. The lowest BCUT2D eigenvalue weighted by Crippen LogP contribution is -2.49. The van der Waals surface area contributed by atoms with Gasteiger partial charge in [-0.3, -0.25) is 0 Å². The second-order valence-corrected chi connectivity index (χ2v) is 5.15. The fourth-order valence-corrected chi connectivity index (χ4v) is 2.58. The lowest BCUT2D eigenvalue weighted by atomic mass is 9.86. The largest absolute Gasteiger partial charge is 0.497 e. The van der Waals surface area contributed by atoms with E-state index in [0.29, 0.717) is 6.61 Å². The number of hydrogen-bond acceptors (Lipinski definition) is 4. The predicted octanol–water partition coefficient (Wildman–Crippen LogP) is 2.43. The van der Waals surface area contributed by atoms with Gasteiger partial charge in [-0.1, -0.05) is 13.0 Å². The highest BCUT2D eigenvalue weighted by Crippen LogP contribution is 2.31. The van der Waals surface area contributed by atoms with Gasteiger partial charge in [0.2, 0.25) is 0 Å². The van der Waals surface area contributed by atoms with Crippen LogP contribution in [0.1, 0.15) is 26.2 Å². The fourth-order valence-electron chi connectivity index (χ4n) is 2.58. The molecule has 2 unspecified atom stereocenters. The molecule has 0 spiro atoms. The molecule has 1 fully saturated rings. The highest BCUT2D eigenvalue weighted by molar-refractivity contribution is 5.50. The first-order valence-electron chi connectivity index (χ1n) is 6.86. The zero-order valence-corrected chi connectivity index (χ0v) is 11.7. The van der Waals surface area contributed by atoms with E-state index in [2.05, 4.69) is 12.2 Å². The molecule has 0 saturated carbocycles. The summed E-state index contributed by atoms with van der Waals surface area (Å²) >= 11 is 0. The van der Waals surface area contributed by atoms with Crippen LogP contribution in [0.15, 0.2) is 24.3 Å². The molecule has 4 heteroatoms. The van der Waals surface area contributed by atoms with Gasteiger partial charge >= 0.3 is 0 Å². The standard InChI is InChI=1S/C15H23NO3/c1-3-13-10-15(11-17,7-8-19-13)16-12-5-4-6-14(9-12)18-2/h4-6,9,13,16-17H,3,7-8,10-11H2,1-2H3. The van der Waals surface area contributed by atoms with Crippen molar-refractivity contribution in [3.05, 3.63) is 24.3 Å². The van der Waals surface area contributed by atoms with Gasteiger partial charge in [-0.2, -0.15) is 0 Å². The van der Waals surface area contributed by atoms with E-state index in [1.165, 1.54) is 0 Å². The first kappa shape index (κ1) is 14.2. The molecule has 4 nitrogen and oxygen atoms in total. The maximum atomic E-state index is 9.79. The van der Waals surface area contributed by atoms with Crippen molar-refractivity contribution in [2.45, 2.75) is 37.8 Å². The predicted molar refractivity (Wildman–Crippen MR) is 75.7 cm³/mol. The van der Waals surface area contributed by atoms with Gasteiger partial charge in [-0.25, -0.2) is 0 Å². The molecule has 2 rings (SSSR count). The second-order valence-electron chi connectivity index (χ2n) is 5.15. The van der Waals surface area contributed by atoms with Gasteiger partial charge in [0.15, 0.2) is 0 Å². The van der Waals surface area contributed by atoms with Gasteiger partial charge in [0.1, 0.15) is 5.75 Å². The molecule has 1 aromatic carbocycles. The first-order valence-corrected chi connectivity index (χ1v) is 6.86. The van der Waals surface area contributed by atoms with Crippen molar-refractivity contribution in [1.29, 1.82) is 0 Å². The minimum absolute atomic E-state index is 0.115. The average Bonchev–Trinajstić information content (AvgIpc) is 2.47. The zero-order valence-electron chi connectivity index (χ0n) is 11.7. The molecule has 1 aromatic rings. The topological polar surface area (TPSA) is 50.7 Å². The smallest absolute Gasteiger partial charge is 0.120 e. The zero-order chi connectivity index (χ0) is 13.7. The van der Waals surface area contributed by atoms with Gasteiger partial charge in [0, 0.05) is 18.4 Å². The Kier molecular flexibility index (Phi) is 4.66. The number of benzene rings is 1. The van der Waals surface area contributed by atoms with Crippen molar-refractivity contribution < 1.29 is 14.6 Å². The van der Waals surface area contributed by atoms with Gasteiger partial charge in [0.05, 0.1) is 25.4 Å². The van der Waals surface area contributed by atoms with Gasteiger partial charge < -0.3 is 19.9 Å². The minimum Gasteiger partial charge on any atom is -0.497 e. The Morgan fingerprint density at radius 2 is 2.37 bits per heavy atom. The van der Waals surface area contributed by atoms with Crippen LogP contribution in [0.25, 0.3) is 0 Å². The van der Waals surface area contributed by atoms with Crippen LogP contribution < -0.4 is 10.1 Å². The van der Waals surface area contributed by atoms with Crippen LogP contribution in [0.4, 0.5) is 5.69 Å². The Morgan fingerprint density at radius 1 is 1.53 bits per heavy atom. The van der Waals surface area contributed by atoms with Crippen molar-refractivity contribution in [1.82, 2.24) is 0 Å². The number of nitrogens with one attached hydrogen (secondary N) is 1. The highest BCUT2D eigenvalue weighted by atomic mass is 16.5. The van der Waals surface area contributed by atoms with E-state index in [1.54, 1.807) is 7.11 Å². The van der Waals surface area contributed by atoms with Crippen molar-refractivity contribution in [3.8, 4) is 5.75 Å². The van der Waals surface area contributed by atoms with E-state index < -0.39 is 0 Å². The Hall–Kier alpha value is -1.26. The summed E-state index contributed by atoms with van der Waals surface area (Å²) in [6, 6.07) is 7.81. The molecule has 0 amide bonds. The van der Waals surface area contributed by atoms with E-state index in [0.717, 1.165) is 30.7 Å². The number of hydrogen-bond donors (Lipinski definition) is 2. The summed E-state index contributed by atoms with van der Waals surface area (Å²) < 4.78 is 10.9. The van der Waals surface area contributed by atoms with Crippen molar-refractivity contribution in [3.63, 3.8) is 0 Å². The van der Waals surface area contributed by atoms with Gasteiger partial charge in [0.25, 0.3) is 0 Å². The molecule has 1 saturated heterocycles. The summed E-state index contributed by atoms with van der Waals surface area (Å²) in [7, 11) is 1.66. The van der Waals surface area contributed by atoms with Crippen LogP contribution in [-0.2, 0) is 4.74 Å². The number of ether oxygens (including phenoxy) is 2.